The van der Waals surface area contributed by atoms with Gasteiger partial charge in [-0.15, -0.1) is 0 Å². The summed E-state index contributed by atoms with van der Waals surface area (Å²) in [5, 5.41) is 4.77. The van der Waals surface area contributed by atoms with Crippen LogP contribution in [0, 0.1) is 6.92 Å². The maximum atomic E-state index is 6.40. The molecule has 2 N–H and O–H groups in total. The number of rotatable bonds is 1. The lowest BCUT2D eigenvalue weighted by Crippen LogP contribution is -2.24. The number of nitrogens with two attached hydrogens (primary N) is 1. The van der Waals surface area contributed by atoms with Crippen LogP contribution in [-0.4, -0.2) is 9.78 Å². The number of nitrogen functional groups attached to an aromatic ring is 1. The standard InChI is InChI=1S/C16H21N3/c1-11-7-4-5-9-13(11)19-15(17)14-12(18-19)8-6-10-16(14,2)3/h4-5,7,9H,6,8,10,17H2,1-3H3. The lowest BCUT2D eigenvalue weighted by atomic mass is 9.75. The van der Waals surface area contributed by atoms with E-state index in [-0.39, 0.29) is 5.41 Å². The third kappa shape index (κ3) is 1.84. The summed E-state index contributed by atoms with van der Waals surface area (Å²) in [6, 6.07) is 8.26. The fourth-order valence-electron chi connectivity index (χ4n) is 3.20. The van der Waals surface area contributed by atoms with Crippen molar-refractivity contribution < 1.29 is 0 Å². The molecule has 1 aliphatic carbocycles. The molecule has 1 aromatic carbocycles. The zero-order valence-electron chi connectivity index (χ0n) is 11.9. The summed E-state index contributed by atoms with van der Waals surface area (Å²) in [4.78, 5) is 0. The Balaban J connectivity index is 2.21. The highest BCUT2D eigenvalue weighted by Crippen LogP contribution is 2.40. The maximum Gasteiger partial charge on any atom is 0.131 e. The van der Waals surface area contributed by atoms with E-state index in [9.17, 15) is 0 Å². The van der Waals surface area contributed by atoms with Crippen molar-refractivity contribution in [1.29, 1.82) is 0 Å². The Morgan fingerprint density at radius 2 is 2.00 bits per heavy atom. The number of aryl methyl sites for hydroxylation is 2. The Morgan fingerprint density at radius 3 is 2.68 bits per heavy atom. The lowest BCUT2D eigenvalue weighted by Gasteiger charge is -2.29. The van der Waals surface area contributed by atoms with E-state index >= 15 is 0 Å². The second-order valence-corrected chi connectivity index (χ2v) is 6.14. The molecule has 0 radical (unpaired) electrons. The first-order valence-corrected chi connectivity index (χ1v) is 6.94. The summed E-state index contributed by atoms with van der Waals surface area (Å²) < 4.78 is 1.92. The van der Waals surface area contributed by atoms with Crippen LogP contribution in [-0.2, 0) is 11.8 Å². The van der Waals surface area contributed by atoms with Gasteiger partial charge in [0.05, 0.1) is 11.4 Å². The molecule has 0 spiro atoms. The van der Waals surface area contributed by atoms with E-state index in [0.29, 0.717) is 0 Å². The number of anilines is 1. The smallest absolute Gasteiger partial charge is 0.131 e. The largest absolute Gasteiger partial charge is 0.383 e. The average Bonchev–Trinajstić information content (AvgIpc) is 2.68. The molecule has 0 bridgehead atoms. The predicted molar refractivity (Wildman–Crippen MR) is 78.7 cm³/mol. The SMILES string of the molecule is Cc1ccccc1-n1nc2c(c1N)C(C)(C)CCC2. The van der Waals surface area contributed by atoms with Gasteiger partial charge >= 0.3 is 0 Å². The van der Waals surface area contributed by atoms with Crippen LogP contribution in [0.1, 0.15) is 43.5 Å². The van der Waals surface area contributed by atoms with Gasteiger partial charge in [-0.1, -0.05) is 32.0 Å². The average molecular weight is 255 g/mol. The Hall–Kier alpha value is -1.77. The van der Waals surface area contributed by atoms with Crippen molar-refractivity contribution in [2.75, 3.05) is 5.73 Å². The van der Waals surface area contributed by atoms with Gasteiger partial charge in [0.15, 0.2) is 0 Å². The molecule has 0 saturated heterocycles. The number of benzene rings is 1. The molecule has 3 nitrogen and oxygen atoms in total. The predicted octanol–water partition coefficient (Wildman–Crippen LogP) is 3.38. The Labute approximate surface area is 114 Å². The van der Waals surface area contributed by atoms with Crippen molar-refractivity contribution in [3.63, 3.8) is 0 Å². The van der Waals surface area contributed by atoms with Crippen LogP contribution in [0.4, 0.5) is 5.82 Å². The quantitative estimate of drug-likeness (QED) is 0.849. The molecular formula is C16H21N3. The minimum atomic E-state index is 0.138. The molecule has 3 heteroatoms. The second kappa shape index (κ2) is 4.12. The molecule has 0 amide bonds. The molecule has 0 saturated carbocycles. The number of para-hydroxylation sites is 1. The van der Waals surface area contributed by atoms with Crippen LogP contribution < -0.4 is 5.73 Å². The van der Waals surface area contributed by atoms with E-state index in [0.717, 1.165) is 17.9 Å². The van der Waals surface area contributed by atoms with E-state index in [2.05, 4.69) is 32.9 Å². The summed E-state index contributed by atoms with van der Waals surface area (Å²) in [6.45, 7) is 6.64. The Bertz CT molecular complexity index is 623. The maximum absolute atomic E-state index is 6.40. The Morgan fingerprint density at radius 1 is 1.26 bits per heavy atom. The number of hydrogen-bond donors (Lipinski definition) is 1. The van der Waals surface area contributed by atoms with E-state index in [1.54, 1.807) is 0 Å². The number of nitrogens with zero attached hydrogens (tertiary/aromatic N) is 2. The molecule has 0 fully saturated rings. The van der Waals surface area contributed by atoms with Gasteiger partial charge in [-0.25, -0.2) is 4.68 Å². The minimum Gasteiger partial charge on any atom is -0.383 e. The van der Waals surface area contributed by atoms with E-state index in [4.69, 9.17) is 10.8 Å². The fraction of sp³-hybridized carbons (Fsp3) is 0.438. The lowest BCUT2D eigenvalue weighted by molar-refractivity contribution is 0.432. The van der Waals surface area contributed by atoms with Crippen LogP contribution in [0.15, 0.2) is 24.3 Å². The van der Waals surface area contributed by atoms with Gasteiger partial charge in [0.25, 0.3) is 0 Å². The van der Waals surface area contributed by atoms with Crippen molar-refractivity contribution in [1.82, 2.24) is 9.78 Å². The molecule has 19 heavy (non-hydrogen) atoms. The van der Waals surface area contributed by atoms with Gasteiger partial charge < -0.3 is 5.73 Å². The third-order valence-electron chi connectivity index (χ3n) is 4.23. The van der Waals surface area contributed by atoms with Crippen LogP contribution in [0.2, 0.25) is 0 Å². The van der Waals surface area contributed by atoms with E-state index in [1.165, 1.54) is 29.7 Å². The van der Waals surface area contributed by atoms with E-state index in [1.807, 2.05) is 16.8 Å². The molecule has 0 atom stereocenters. The summed E-state index contributed by atoms with van der Waals surface area (Å²) in [6.07, 6.45) is 3.43. The highest BCUT2D eigenvalue weighted by Gasteiger charge is 2.33. The number of fused-ring (bicyclic) bond motifs is 1. The molecule has 3 rings (SSSR count). The Kier molecular flexibility index (Phi) is 2.66. The first-order chi connectivity index (χ1) is 9.00. The highest BCUT2D eigenvalue weighted by molar-refractivity contribution is 5.55. The van der Waals surface area contributed by atoms with Crippen molar-refractivity contribution in [3.05, 3.63) is 41.1 Å². The van der Waals surface area contributed by atoms with Crippen LogP contribution in [0.25, 0.3) is 5.69 Å². The molecule has 1 heterocycles. The fourth-order valence-corrected chi connectivity index (χ4v) is 3.20. The van der Waals surface area contributed by atoms with E-state index < -0.39 is 0 Å². The van der Waals surface area contributed by atoms with Crippen LogP contribution in [0.3, 0.4) is 0 Å². The zero-order valence-corrected chi connectivity index (χ0v) is 11.9. The van der Waals surface area contributed by atoms with Gasteiger partial charge in [0.2, 0.25) is 0 Å². The molecule has 100 valence electrons. The van der Waals surface area contributed by atoms with Crippen molar-refractivity contribution >= 4 is 5.82 Å². The summed E-state index contributed by atoms with van der Waals surface area (Å²) in [5.41, 5.74) is 11.3. The van der Waals surface area contributed by atoms with Gasteiger partial charge in [0.1, 0.15) is 5.82 Å². The molecule has 0 unspecified atom stereocenters. The van der Waals surface area contributed by atoms with Crippen LogP contribution in [0.5, 0.6) is 0 Å². The third-order valence-corrected chi connectivity index (χ3v) is 4.23. The number of aromatic nitrogens is 2. The molecule has 1 aliphatic rings. The van der Waals surface area contributed by atoms with Crippen molar-refractivity contribution in [3.8, 4) is 5.69 Å². The van der Waals surface area contributed by atoms with Gasteiger partial charge in [-0.3, -0.25) is 0 Å². The number of hydrogen-bond acceptors (Lipinski definition) is 2. The molecule has 0 aliphatic heterocycles. The summed E-state index contributed by atoms with van der Waals surface area (Å²) in [5.74, 6) is 0.814. The van der Waals surface area contributed by atoms with Gasteiger partial charge in [-0.05, 0) is 43.2 Å². The second-order valence-electron chi connectivity index (χ2n) is 6.14. The summed E-state index contributed by atoms with van der Waals surface area (Å²) >= 11 is 0. The zero-order chi connectivity index (χ0) is 13.6. The van der Waals surface area contributed by atoms with Gasteiger partial charge in [-0.2, -0.15) is 5.10 Å². The normalized spacial score (nSPS) is 17.2. The monoisotopic (exact) mass is 255 g/mol. The molecular weight excluding hydrogens is 234 g/mol. The topological polar surface area (TPSA) is 43.8 Å². The minimum absolute atomic E-state index is 0.138. The molecule has 1 aromatic heterocycles. The van der Waals surface area contributed by atoms with Crippen molar-refractivity contribution in [2.24, 2.45) is 0 Å². The first kappa shape index (κ1) is 12.3. The first-order valence-electron chi connectivity index (χ1n) is 6.94. The molecule has 2 aromatic rings. The summed E-state index contributed by atoms with van der Waals surface area (Å²) in [7, 11) is 0. The highest BCUT2D eigenvalue weighted by atomic mass is 15.3. The van der Waals surface area contributed by atoms with Crippen LogP contribution >= 0.6 is 0 Å². The van der Waals surface area contributed by atoms with Gasteiger partial charge in [0, 0.05) is 5.56 Å². The van der Waals surface area contributed by atoms with Crippen molar-refractivity contribution in [2.45, 2.75) is 45.4 Å².